The third kappa shape index (κ3) is 4.00. The lowest BCUT2D eigenvalue weighted by molar-refractivity contribution is -0.156. The van der Waals surface area contributed by atoms with E-state index in [1.165, 1.54) is 24.3 Å². The number of rotatable bonds is 6. The highest BCUT2D eigenvalue weighted by Crippen LogP contribution is 2.31. The Kier molecular flexibility index (Phi) is 5.20. The summed E-state index contributed by atoms with van der Waals surface area (Å²) in [6.07, 6.45) is -0.719. The molecule has 0 saturated carbocycles. The number of carbonyl (C=O) groups excluding carboxylic acids is 1. The van der Waals surface area contributed by atoms with Crippen LogP contribution in [-0.4, -0.2) is 38.5 Å². The maximum atomic E-state index is 13.2. The minimum Gasteiger partial charge on any atom is -0.481 e. The van der Waals surface area contributed by atoms with Crippen molar-refractivity contribution < 1.29 is 23.9 Å². The second-order valence-electron chi connectivity index (χ2n) is 7.11. The van der Waals surface area contributed by atoms with Crippen LogP contribution in [0.3, 0.4) is 0 Å². The fraction of sp³-hybridized carbons (Fsp3) is 0.190. The van der Waals surface area contributed by atoms with E-state index in [2.05, 4.69) is 20.7 Å². The van der Waals surface area contributed by atoms with Crippen LogP contribution in [0.5, 0.6) is 0 Å². The Bertz CT molecular complexity index is 1250. The zero-order chi connectivity index (χ0) is 22.0. The van der Waals surface area contributed by atoms with Crippen LogP contribution >= 0.6 is 0 Å². The summed E-state index contributed by atoms with van der Waals surface area (Å²) in [6.45, 7) is -0.0628. The molecule has 0 bridgehead atoms. The van der Waals surface area contributed by atoms with Gasteiger partial charge in [-0.1, -0.05) is 35.5 Å². The minimum absolute atomic E-state index is 0.0628. The van der Waals surface area contributed by atoms with Gasteiger partial charge in [0.15, 0.2) is 0 Å². The number of aliphatic carboxylic acids is 1. The Balaban J connectivity index is 1.55. The molecule has 3 N–H and O–H groups in total. The molecular formula is C21H17FN4O5. The van der Waals surface area contributed by atoms with E-state index < -0.39 is 29.7 Å². The lowest BCUT2D eigenvalue weighted by Crippen LogP contribution is -2.48. The SMILES string of the molecule is O=C(O)CC1(C(=O)NCc2n[nH]c(=O)c3ccccc23)CC(c2ccc(F)cc2)=NO1. The number of oxime groups is 1. The fourth-order valence-electron chi connectivity index (χ4n) is 3.45. The summed E-state index contributed by atoms with van der Waals surface area (Å²) in [5.74, 6) is -2.36. The molecule has 2 aromatic carbocycles. The normalized spacial score (nSPS) is 17.8. The molecule has 0 spiro atoms. The van der Waals surface area contributed by atoms with E-state index in [1.54, 1.807) is 24.3 Å². The van der Waals surface area contributed by atoms with Gasteiger partial charge in [-0.05, 0) is 23.8 Å². The van der Waals surface area contributed by atoms with Crippen molar-refractivity contribution in [1.29, 1.82) is 0 Å². The molecule has 1 aromatic heterocycles. The lowest BCUT2D eigenvalue weighted by atomic mass is 9.90. The van der Waals surface area contributed by atoms with Crippen molar-refractivity contribution in [2.45, 2.75) is 25.0 Å². The van der Waals surface area contributed by atoms with E-state index in [-0.39, 0.29) is 18.5 Å². The second-order valence-corrected chi connectivity index (χ2v) is 7.11. The van der Waals surface area contributed by atoms with Crippen molar-refractivity contribution >= 4 is 28.4 Å². The van der Waals surface area contributed by atoms with Crippen molar-refractivity contribution in [2.24, 2.45) is 5.16 Å². The minimum atomic E-state index is -1.76. The molecule has 2 heterocycles. The molecule has 9 nitrogen and oxygen atoms in total. The van der Waals surface area contributed by atoms with Crippen molar-refractivity contribution in [3.8, 4) is 0 Å². The van der Waals surface area contributed by atoms with E-state index >= 15 is 0 Å². The summed E-state index contributed by atoms with van der Waals surface area (Å²) in [5, 5.41) is 23.2. The maximum absolute atomic E-state index is 13.2. The summed E-state index contributed by atoms with van der Waals surface area (Å²) < 4.78 is 13.2. The molecule has 1 atom stereocenters. The summed E-state index contributed by atoms with van der Waals surface area (Å²) in [5.41, 5.74) is -0.844. The highest BCUT2D eigenvalue weighted by Gasteiger charge is 2.48. The van der Waals surface area contributed by atoms with Crippen molar-refractivity contribution in [2.75, 3.05) is 0 Å². The Morgan fingerprint density at radius 2 is 1.87 bits per heavy atom. The molecular weight excluding hydrogens is 407 g/mol. The molecule has 0 saturated heterocycles. The topological polar surface area (TPSA) is 134 Å². The zero-order valence-electron chi connectivity index (χ0n) is 16.1. The maximum Gasteiger partial charge on any atom is 0.308 e. The van der Waals surface area contributed by atoms with Gasteiger partial charge >= 0.3 is 5.97 Å². The molecule has 158 valence electrons. The van der Waals surface area contributed by atoms with Crippen LogP contribution in [-0.2, 0) is 21.0 Å². The number of amides is 1. The molecule has 10 heteroatoms. The molecule has 0 fully saturated rings. The highest BCUT2D eigenvalue weighted by atomic mass is 19.1. The predicted octanol–water partition coefficient (Wildman–Crippen LogP) is 1.72. The average Bonchev–Trinajstić information content (AvgIpc) is 3.18. The number of fused-ring (bicyclic) bond motifs is 1. The van der Waals surface area contributed by atoms with Gasteiger partial charge in [0, 0.05) is 11.8 Å². The van der Waals surface area contributed by atoms with E-state index in [9.17, 15) is 23.9 Å². The average molecular weight is 424 g/mol. The molecule has 1 amide bonds. The van der Waals surface area contributed by atoms with Crippen LogP contribution < -0.4 is 10.9 Å². The van der Waals surface area contributed by atoms with E-state index in [0.717, 1.165) is 0 Å². The standard InChI is InChI=1S/C21H17FN4O5/c22-13-7-5-12(6-8-13)16-9-21(31-26-16,10-18(27)28)20(30)23-11-17-14-3-1-2-4-15(14)19(29)25-24-17/h1-8H,9-11H2,(H,23,30)(H,25,29)(H,27,28). The summed E-state index contributed by atoms with van der Waals surface area (Å²) >= 11 is 0. The van der Waals surface area contributed by atoms with Crippen LogP contribution in [0.1, 0.15) is 24.1 Å². The van der Waals surface area contributed by atoms with E-state index in [4.69, 9.17) is 4.84 Å². The third-order valence-corrected chi connectivity index (χ3v) is 5.00. The molecule has 1 aliphatic rings. The quantitative estimate of drug-likeness (QED) is 0.552. The lowest BCUT2D eigenvalue weighted by Gasteiger charge is -2.23. The van der Waals surface area contributed by atoms with Gasteiger partial charge < -0.3 is 15.3 Å². The number of benzene rings is 2. The van der Waals surface area contributed by atoms with Crippen LogP contribution in [0.15, 0.2) is 58.5 Å². The van der Waals surface area contributed by atoms with Gasteiger partial charge in [0.25, 0.3) is 11.5 Å². The Morgan fingerprint density at radius 1 is 1.16 bits per heavy atom. The summed E-state index contributed by atoms with van der Waals surface area (Å²) in [7, 11) is 0. The number of nitrogens with zero attached hydrogens (tertiary/aromatic N) is 2. The smallest absolute Gasteiger partial charge is 0.308 e. The summed E-state index contributed by atoms with van der Waals surface area (Å²) in [4.78, 5) is 41.6. The van der Waals surface area contributed by atoms with E-state index in [0.29, 0.717) is 27.7 Å². The number of aromatic nitrogens is 2. The molecule has 1 aliphatic heterocycles. The van der Waals surface area contributed by atoms with Gasteiger partial charge in [0.05, 0.1) is 29.8 Å². The largest absolute Gasteiger partial charge is 0.481 e. The van der Waals surface area contributed by atoms with Gasteiger partial charge in [-0.3, -0.25) is 14.4 Å². The molecule has 0 aliphatic carbocycles. The first-order valence-electron chi connectivity index (χ1n) is 9.35. The Hall–Kier alpha value is -4.08. The van der Waals surface area contributed by atoms with Crippen LogP contribution in [0.25, 0.3) is 10.8 Å². The number of carboxylic acid groups (broad SMARTS) is 1. The van der Waals surface area contributed by atoms with Crippen LogP contribution in [0, 0.1) is 5.82 Å². The number of carboxylic acids is 1. The fourth-order valence-corrected chi connectivity index (χ4v) is 3.45. The molecule has 4 rings (SSSR count). The number of nitrogens with one attached hydrogen (secondary N) is 2. The van der Waals surface area contributed by atoms with Crippen LogP contribution in [0.4, 0.5) is 4.39 Å². The van der Waals surface area contributed by atoms with Crippen molar-refractivity contribution in [3.05, 3.63) is 76.0 Å². The molecule has 1 unspecified atom stereocenters. The first kappa shape index (κ1) is 20.2. The Morgan fingerprint density at radius 3 is 2.58 bits per heavy atom. The number of aromatic amines is 1. The molecule has 31 heavy (non-hydrogen) atoms. The number of halogens is 1. The summed E-state index contributed by atoms with van der Waals surface area (Å²) in [6, 6.07) is 12.2. The van der Waals surface area contributed by atoms with E-state index in [1.807, 2.05) is 0 Å². The zero-order valence-corrected chi connectivity index (χ0v) is 16.1. The number of carbonyl (C=O) groups is 2. The van der Waals surface area contributed by atoms with Gasteiger partial charge in [0.1, 0.15) is 5.82 Å². The molecule has 3 aromatic rings. The van der Waals surface area contributed by atoms with Gasteiger partial charge in [-0.25, -0.2) is 9.49 Å². The van der Waals surface area contributed by atoms with Crippen LogP contribution in [0.2, 0.25) is 0 Å². The monoisotopic (exact) mass is 424 g/mol. The second kappa shape index (κ2) is 7.98. The highest BCUT2D eigenvalue weighted by molar-refractivity contribution is 6.06. The first-order valence-corrected chi connectivity index (χ1v) is 9.35. The third-order valence-electron chi connectivity index (χ3n) is 5.00. The molecule has 0 radical (unpaired) electrons. The number of H-pyrrole nitrogens is 1. The predicted molar refractivity (Wildman–Crippen MR) is 108 cm³/mol. The van der Waals surface area contributed by atoms with Gasteiger partial charge in [0.2, 0.25) is 5.60 Å². The van der Waals surface area contributed by atoms with Gasteiger partial charge in [-0.15, -0.1) is 0 Å². The number of hydrogen-bond acceptors (Lipinski definition) is 6. The van der Waals surface area contributed by atoms with Crippen molar-refractivity contribution in [1.82, 2.24) is 15.5 Å². The van der Waals surface area contributed by atoms with Gasteiger partial charge in [-0.2, -0.15) is 5.10 Å². The van der Waals surface area contributed by atoms with Crippen molar-refractivity contribution in [3.63, 3.8) is 0 Å². The first-order chi connectivity index (χ1) is 14.9. The Labute approximate surface area is 174 Å². The number of hydrogen-bond donors (Lipinski definition) is 3.